The monoisotopic (exact) mass is 355 g/mol. The van der Waals surface area contributed by atoms with E-state index >= 15 is 0 Å². The minimum atomic E-state index is -0.401. The van der Waals surface area contributed by atoms with E-state index in [1.165, 1.54) is 12.1 Å². The Bertz CT molecular complexity index is 912. The Labute approximate surface area is 151 Å². The predicted octanol–water partition coefficient (Wildman–Crippen LogP) is 3.79. The van der Waals surface area contributed by atoms with Gasteiger partial charge in [0.25, 0.3) is 11.8 Å². The average Bonchev–Trinajstić information content (AvgIpc) is 3.04. The molecule has 3 rings (SSSR count). The van der Waals surface area contributed by atoms with Gasteiger partial charge in [-0.1, -0.05) is 13.3 Å². The summed E-state index contributed by atoms with van der Waals surface area (Å²) >= 11 is 0. The Morgan fingerprint density at radius 1 is 1.31 bits per heavy atom. The molecule has 0 fully saturated rings. The van der Waals surface area contributed by atoms with Gasteiger partial charge in [-0.3, -0.25) is 9.59 Å². The van der Waals surface area contributed by atoms with Crippen molar-refractivity contribution in [1.82, 2.24) is 10.3 Å². The lowest BCUT2D eigenvalue weighted by atomic mass is 10.0. The molecule has 26 heavy (non-hydrogen) atoms. The molecule has 1 aromatic heterocycles. The van der Waals surface area contributed by atoms with E-state index in [4.69, 9.17) is 0 Å². The van der Waals surface area contributed by atoms with Crippen LogP contribution in [0.25, 0.3) is 11.6 Å². The first-order chi connectivity index (χ1) is 12.4. The number of fused-ring (bicyclic) bond motifs is 1. The number of aryl methyl sites for hydroxylation is 1. The highest BCUT2D eigenvalue weighted by molar-refractivity contribution is 6.34. The third-order valence-electron chi connectivity index (χ3n) is 4.57. The van der Waals surface area contributed by atoms with E-state index in [-0.39, 0.29) is 11.8 Å². The molecule has 2 heterocycles. The summed E-state index contributed by atoms with van der Waals surface area (Å²) in [6, 6.07) is 4.19. The van der Waals surface area contributed by atoms with Crippen LogP contribution in [-0.4, -0.2) is 23.3 Å². The number of rotatable bonds is 5. The quantitative estimate of drug-likeness (QED) is 0.564. The summed E-state index contributed by atoms with van der Waals surface area (Å²) < 4.78 is 13.6. The third kappa shape index (κ3) is 3.27. The Morgan fingerprint density at radius 3 is 2.81 bits per heavy atom. The number of amides is 2. The number of aromatic nitrogens is 1. The Hall–Kier alpha value is -2.89. The van der Waals surface area contributed by atoms with Crippen molar-refractivity contribution in [2.45, 2.75) is 33.6 Å². The SMILES string of the molecule is CCCCNC(=O)c1c(C)[nH]c(C=C2C(=O)Nc3ccc(F)cc32)c1C. The first kappa shape index (κ1) is 17.9. The van der Waals surface area contributed by atoms with Gasteiger partial charge in [-0.2, -0.15) is 0 Å². The van der Waals surface area contributed by atoms with Crippen molar-refractivity contribution >= 4 is 29.2 Å². The smallest absolute Gasteiger partial charge is 0.256 e. The van der Waals surface area contributed by atoms with Gasteiger partial charge in [0, 0.05) is 29.2 Å². The molecule has 2 aromatic rings. The Kier molecular flexibility index (Phi) is 4.93. The van der Waals surface area contributed by atoms with Crippen molar-refractivity contribution in [1.29, 1.82) is 0 Å². The second kappa shape index (κ2) is 7.15. The normalized spacial score (nSPS) is 14.5. The lowest BCUT2D eigenvalue weighted by Crippen LogP contribution is -2.25. The van der Waals surface area contributed by atoms with E-state index < -0.39 is 5.82 Å². The number of hydrogen-bond donors (Lipinski definition) is 3. The summed E-state index contributed by atoms with van der Waals surface area (Å²) in [4.78, 5) is 27.9. The van der Waals surface area contributed by atoms with Crippen LogP contribution in [0.2, 0.25) is 0 Å². The molecule has 0 saturated heterocycles. The first-order valence-electron chi connectivity index (χ1n) is 8.72. The molecule has 0 unspecified atom stereocenters. The lowest BCUT2D eigenvalue weighted by Gasteiger charge is -2.05. The fourth-order valence-electron chi connectivity index (χ4n) is 3.17. The fourth-order valence-corrected chi connectivity index (χ4v) is 3.17. The molecule has 1 aromatic carbocycles. The molecular weight excluding hydrogens is 333 g/mol. The molecule has 0 atom stereocenters. The maximum Gasteiger partial charge on any atom is 0.256 e. The largest absolute Gasteiger partial charge is 0.358 e. The van der Waals surface area contributed by atoms with E-state index in [0.717, 1.165) is 24.1 Å². The molecule has 136 valence electrons. The van der Waals surface area contributed by atoms with E-state index in [2.05, 4.69) is 22.5 Å². The molecule has 0 aliphatic carbocycles. The lowest BCUT2D eigenvalue weighted by molar-refractivity contribution is -0.110. The number of halogens is 1. The molecule has 0 bridgehead atoms. The van der Waals surface area contributed by atoms with E-state index in [1.807, 2.05) is 13.8 Å². The van der Waals surface area contributed by atoms with Crippen LogP contribution in [0.4, 0.5) is 10.1 Å². The third-order valence-corrected chi connectivity index (χ3v) is 4.57. The maximum absolute atomic E-state index is 13.6. The zero-order valence-electron chi connectivity index (χ0n) is 15.1. The number of aromatic amines is 1. The van der Waals surface area contributed by atoms with Gasteiger partial charge in [0.05, 0.1) is 11.1 Å². The van der Waals surface area contributed by atoms with E-state index in [1.54, 1.807) is 12.1 Å². The standard InChI is InChI=1S/C20H22FN3O2/c1-4-5-8-22-20(26)18-11(2)17(23-12(18)3)10-15-14-9-13(21)6-7-16(14)24-19(15)25/h6-7,9-10,23H,4-5,8H2,1-3H3,(H,22,26)(H,24,25). The summed E-state index contributed by atoms with van der Waals surface area (Å²) in [5, 5.41) is 5.64. The number of unbranched alkanes of at least 4 members (excludes halogenated alkanes) is 1. The zero-order chi connectivity index (χ0) is 18.8. The topological polar surface area (TPSA) is 74.0 Å². The summed E-state index contributed by atoms with van der Waals surface area (Å²) in [6.07, 6.45) is 3.60. The maximum atomic E-state index is 13.6. The molecular formula is C20H22FN3O2. The highest BCUT2D eigenvalue weighted by Crippen LogP contribution is 2.34. The van der Waals surface area contributed by atoms with Gasteiger partial charge < -0.3 is 15.6 Å². The fraction of sp³-hybridized carbons (Fsp3) is 0.300. The molecule has 0 spiro atoms. The van der Waals surface area contributed by atoms with Gasteiger partial charge in [-0.25, -0.2) is 4.39 Å². The summed E-state index contributed by atoms with van der Waals surface area (Å²) in [5.41, 5.74) is 4.25. The van der Waals surface area contributed by atoms with Crippen molar-refractivity contribution in [2.75, 3.05) is 11.9 Å². The number of benzene rings is 1. The van der Waals surface area contributed by atoms with Gasteiger partial charge in [0.2, 0.25) is 0 Å². The predicted molar refractivity (Wildman–Crippen MR) is 100 cm³/mol. The Morgan fingerprint density at radius 2 is 2.08 bits per heavy atom. The van der Waals surface area contributed by atoms with Crippen LogP contribution in [0.1, 0.15) is 52.6 Å². The van der Waals surface area contributed by atoms with Gasteiger partial charge in [0.15, 0.2) is 0 Å². The second-order valence-electron chi connectivity index (χ2n) is 6.48. The molecule has 2 amide bonds. The van der Waals surface area contributed by atoms with Gasteiger partial charge in [-0.05, 0) is 50.1 Å². The van der Waals surface area contributed by atoms with Gasteiger partial charge in [-0.15, -0.1) is 0 Å². The number of anilines is 1. The van der Waals surface area contributed by atoms with Crippen molar-refractivity contribution in [2.24, 2.45) is 0 Å². The van der Waals surface area contributed by atoms with Crippen molar-refractivity contribution in [3.8, 4) is 0 Å². The number of nitrogens with one attached hydrogen (secondary N) is 3. The Balaban J connectivity index is 1.96. The first-order valence-corrected chi connectivity index (χ1v) is 8.72. The van der Waals surface area contributed by atoms with E-state index in [9.17, 15) is 14.0 Å². The number of hydrogen-bond acceptors (Lipinski definition) is 2. The van der Waals surface area contributed by atoms with E-state index in [0.29, 0.717) is 34.6 Å². The summed E-state index contributed by atoms with van der Waals surface area (Å²) in [5.74, 6) is -0.815. The highest BCUT2D eigenvalue weighted by atomic mass is 19.1. The van der Waals surface area contributed by atoms with Crippen LogP contribution >= 0.6 is 0 Å². The summed E-state index contributed by atoms with van der Waals surface area (Å²) in [7, 11) is 0. The van der Waals surface area contributed by atoms with Crippen molar-refractivity contribution < 1.29 is 14.0 Å². The van der Waals surface area contributed by atoms with Crippen LogP contribution < -0.4 is 10.6 Å². The number of carbonyl (C=O) groups is 2. The molecule has 1 aliphatic heterocycles. The molecule has 1 aliphatic rings. The second-order valence-corrected chi connectivity index (χ2v) is 6.48. The number of H-pyrrole nitrogens is 1. The van der Waals surface area contributed by atoms with Crippen LogP contribution in [0.15, 0.2) is 18.2 Å². The van der Waals surface area contributed by atoms with Crippen LogP contribution in [0.5, 0.6) is 0 Å². The molecule has 0 radical (unpaired) electrons. The minimum Gasteiger partial charge on any atom is -0.358 e. The van der Waals surface area contributed by atoms with Crippen LogP contribution in [0.3, 0.4) is 0 Å². The molecule has 6 heteroatoms. The molecule has 3 N–H and O–H groups in total. The number of carbonyl (C=O) groups excluding carboxylic acids is 2. The minimum absolute atomic E-state index is 0.128. The van der Waals surface area contributed by atoms with Crippen LogP contribution in [-0.2, 0) is 4.79 Å². The van der Waals surface area contributed by atoms with Crippen LogP contribution in [0, 0.1) is 19.7 Å². The zero-order valence-corrected chi connectivity index (χ0v) is 15.1. The van der Waals surface area contributed by atoms with Crippen molar-refractivity contribution in [3.05, 3.63) is 52.1 Å². The summed E-state index contributed by atoms with van der Waals surface area (Å²) in [6.45, 7) is 6.36. The van der Waals surface area contributed by atoms with Gasteiger partial charge >= 0.3 is 0 Å². The molecule has 0 saturated carbocycles. The van der Waals surface area contributed by atoms with Gasteiger partial charge in [0.1, 0.15) is 5.82 Å². The molecule has 5 nitrogen and oxygen atoms in total. The van der Waals surface area contributed by atoms with Crippen molar-refractivity contribution in [3.63, 3.8) is 0 Å². The highest BCUT2D eigenvalue weighted by Gasteiger charge is 2.26. The average molecular weight is 355 g/mol.